The Balaban J connectivity index is 2.37. The van der Waals surface area contributed by atoms with Gasteiger partial charge in [0.1, 0.15) is 5.71 Å². The van der Waals surface area contributed by atoms with Crippen molar-refractivity contribution in [3.63, 3.8) is 0 Å². The number of anilines is 1. The Hall–Kier alpha value is -2.26. The van der Waals surface area contributed by atoms with Crippen molar-refractivity contribution in [2.24, 2.45) is 10.2 Å². The van der Waals surface area contributed by atoms with Crippen molar-refractivity contribution in [3.8, 4) is 0 Å². The average Bonchev–Trinajstić information content (AvgIpc) is 2.38. The minimum Gasteiger partial charge on any atom is -0.477 e. The second kappa shape index (κ2) is 5.02. The minimum absolute atomic E-state index is 0.0298. The first-order valence-electron chi connectivity index (χ1n) is 5.55. The van der Waals surface area contributed by atoms with E-state index in [4.69, 9.17) is 10.2 Å². The fraction of sp³-hybridized carbons (Fsp3) is 0.182. The van der Waals surface area contributed by atoms with Crippen LogP contribution in [-0.4, -0.2) is 31.1 Å². The number of aliphatic carboxylic acids is 1. The Morgan fingerprint density at radius 1 is 1.25 bits per heavy atom. The molecule has 0 fully saturated rings. The number of nitrogens with two attached hydrogens (primary N) is 1. The maximum absolute atomic E-state index is 11.7. The van der Waals surface area contributed by atoms with Gasteiger partial charge in [0.25, 0.3) is 0 Å². The summed E-state index contributed by atoms with van der Waals surface area (Å²) in [4.78, 5) is 22.5. The normalized spacial score (nSPS) is 15.9. The number of hydrazone groups is 1. The summed E-state index contributed by atoms with van der Waals surface area (Å²) in [6, 6.07) is 5.13. The highest BCUT2D eigenvalue weighted by atomic mass is 32.2. The Bertz CT molecular complexity index is 693. The van der Waals surface area contributed by atoms with Crippen molar-refractivity contribution in [1.29, 1.82) is 0 Å². The first kappa shape index (κ1) is 14.2. The van der Waals surface area contributed by atoms with Crippen molar-refractivity contribution >= 4 is 33.3 Å². The number of carbonyl (C=O) groups is 2. The molecule has 1 aromatic carbocycles. The van der Waals surface area contributed by atoms with Gasteiger partial charge < -0.3 is 5.11 Å². The predicted molar refractivity (Wildman–Crippen MR) is 69.6 cm³/mol. The molecule has 1 aliphatic heterocycles. The second-order valence-electron chi connectivity index (χ2n) is 4.10. The molecule has 106 valence electrons. The SMILES string of the molecule is NS(=O)(=O)c1ccc(N2N=C(C(=O)O)CCC2=O)cc1. The molecule has 3 N–H and O–H groups in total. The molecule has 1 amide bonds. The van der Waals surface area contributed by atoms with Crippen molar-refractivity contribution in [2.75, 3.05) is 5.01 Å². The van der Waals surface area contributed by atoms with Gasteiger partial charge in [0.2, 0.25) is 15.9 Å². The molecule has 0 saturated carbocycles. The highest BCUT2D eigenvalue weighted by molar-refractivity contribution is 7.89. The lowest BCUT2D eigenvalue weighted by Gasteiger charge is -2.22. The van der Waals surface area contributed by atoms with Crippen LogP contribution >= 0.6 is 0 Å². The van der Waals surface area contributed by atoms with Crippen LogP contribution in [0.4, 0.5) is 5.69 Å². The molecule has 0 aromatic heterocycles. The lowest BCUT2D eigenvalue weighted by atomic mass is 10.1. The van der Waals surface area contributed by atoms with Gasteiger partial charge in [-0.3, -0.25) is 4.79 Å². The van der Waals surface area contributed by atoms with E-state index in [2.05, 4.69) is 5.10 Å². The fourth-order valence-electron chi connectivity index (χ4n) is 1.69. The van der Waals surface area contributed by atoms with E-state index >= 15 is 0 Å². The van der Waals surface area contributed by atoms with E-state index in [1.807, 2.05) is 0 Å². The van der Waals surface area contributed by atoms with E-state index in [1.54, 1.807) is 0 Å². The summed E-state index contributed by atoms with van der Waals surface area (Å²) in [7, 11) is -3.82. The average molecular weight is 297 g/mol. The molecule has 20 heavy (non-hydrogen) atoms. The highest BCUT2D eigenvalue weighted by Gasteiger charge is 2.25. The maximum atomic E-state index is 11.7. The molecule has 0 spiro atoms. The van der Waals surface area contributed by atoms with Crippen LogP contribution in [0.1, 0.15) is 12.8 Å². The number of carboxylic acid groups (broad SMARTS) is 1. The number of carbonyl (C=O) groups excluding carboxylic acids is 1. The Labute approximate surface area is 114 Å². The summed E-state index contributed by atoms with van der Waals surface area (Å²) < 4.78 is 22.2. The topological polar surface area (TPSA) is 130 Å². The molecule has 8 nitrogen and oxygen atoms in total. The van der Waals surface area contributed by atoms with Crippen LogP contribution in [0.2, 0.25) is 0 Å². The molecular formula is C11H11N3O5S. The van der Waals surface area contributed by atoms with Crippen molar-refractivity contribution < 1.29 is 23.1 Å². The smallest absolute Gasteiger partial charge is 0.352 e. The fourth-order valence-corrected chi connectivity index (χ4v) is 2.20. The van der Waals surface area contributed by atoms with Crippen LogP contribution < -0.4 is 10.1 Å². The molecule has 0 saturated heterocycles. The number of carboxylic acids is 1. The van der Waals surface area contributed by atoms with Crippen LogP contribution in [0.5, 0.6) is 0 Å². The molecule has 9 heteroatoms. The zero-order chi connectivity index (χ0) is 14.9. The maximum Gasteiger partial charge on any atom is 0.352 e. The van der Waals surface area contributed by atoms with Gasteiger partial charge in [-0.25, -0.2) is 23.4 Å². The van der Waals surface area contributed by atoms with E-state index in [0.717, 1.165) is 5.01 Å². The minimum atomic E-state index is -3.82. The highest BCUT2D eigenvalue weighted by Crippen LogP contribution is 2.21. The van der Waals surface area contributed by atoms with Gasteiger partial charge in [-0.15, -0.1) is 0 Å². The standard InChI is InChI=1S/C11H11N3O5S/c12-20(18,19)8-3-1-7(2-4-8)14-10(15)6-5-9(13-14)11(16)17/h1-4H,5-6H2,(H,16,17)(H2,12,18,19). The summed E-state index contributed by atoms with van der Waals surface area (Å²) >= 11 is 0. The quantitative estimate of drug-likeness (QED) is 0.804. The van der Waals surface area contributed by atoms with Gasteiger partial charge in [-0.2, -0.15) is 5.10 Å². The molecule has 1 heterocycles. The molecule has 1 aromatic rings. The number of hydrogen-bond acceptors (Lipinski definition) is 5. The van der Waals surface area contributed by atoms with E-state index in [0.29, 0.717) is 0 Å². The van der Waals surface area contributed by atoms with Crippen molar-refractivity contribution in [1.82, 2.24) is 0 Å². The summed E-state index contributed by atoms with van der Waals surface area (Å²) in [5.74, 6) is -1.55. The molecular weight excluding hydrogens is 286 g/mol. The van der Waals surface area contributed by atoms with Gasteiger partial charge >= 0.3 is 5.97 Å². The van der Waals surface area contributed by atoms with Crippen LogP contribution in [-0.2, 0) is 19.6 Å². The van der Waals surface area contributed by atoms with Crippen LogP contribution in [0, 0.1) is 0 Å². The molecule has 0 unspecified atom stereocenters. The van der Waals surface area contributed by atoms with Gasteiger partial charge in [0, 0.05) is 12.8 Å². The van der Waals surface area contributed by atoms with Crippen LogP contribution in [0.3, 0.4) is 0 Å². The lowest BCUT2D eigenvalue weighted by molar-refractivity contribution is -0.129. The number of primary sulfonamides is 1. The predicted octanol–water partition coefficient (Wildman–Crippen LogP) is -0.0986. The van der Waals surface area contributed by atoms with E-state index in [-0.39, 0.29) is 35.0 Å². The van der Waals surface area contributed by atoms with Crippen LogP contribution in [0.25, 0.3) is 0 Å². The molecule has 2 rings (SSSR count). The number of hydrogen-bond donors (Lipinski definition) is 2. The third-order valence-electron chi connectivity index (χ3n) is 2.69. The monoisotopic (exact) mass is 297 g/mol. The first-order chi connectivity index (χ1) is 9.29. The van der Waals surface area contributed by atoms with E-state index in [9.17, 15) is 18.0 Å². The van der Waals surface area contributed by atoms with Gasteiger partial charge in [-0.1, -0.05) is 0 Å². The van der Waals surface area contributed by atoms with Gasteiger partial charge in [-0.05, 0) is 24.3 Å². The second-order valence-corrected chi connectivity index (χ2v) is 5.66. The number of benzene rings is 1. The van der Waals surface area contributed by atoms with E-state index < -0.39 is 16.0 Å². The van der Waals surface area contributed by atoms with Crippen molar-refractivity contribution in [2.45, 2.75) is 17.7 Å². The number of sulfonamides is 1. The Kier molecular flexibility index (Phi) is 3.55. The molecule has 1 aliphatic rings. The molecule has 0 atom stereocenters. The zero-order valence-corrected chi connectivity index (χ0v) is 11.0. The van der Waals surface area contributed by atoms with Gasteiger partial charge in [0.15, 0.2) is 0 Å². The van der Waals surface area contributed by atoms with Crippen LogP contribution in [0.15, 0.2) is 34.3 Å². The number of amides is 1. The Morgan fingerprint density at radius 3 is 2.35 bits per heavy atom. The third-order valence-corrected chi connectivity index (χ3v) is 3.62. The zero-order valence-electron chi connectivity index (χ0n) is 10.2. The number of nitrogens with zero attached hydrogens (tertiary/aromatic N) is 2. The lowest BCUT2D eigenvalue weighted by Crippen LogP contribution is -2.34. The van der Waals surface area contributed by atoms with Gasteiger partial charge in [0.05, 0.1) is 10.6 Å². The summed E-state index contributed by atoms with van der Waals surface area (Å²) in [5, 5.41) is 18.5. The largest absolute Gasteiger partial charge is 0.477 e. The van der Waals surface area contributed by atoms with Crippen molar-refractivity contribution in [3.05, 3.63) is 24.3 Å². The molecule has 0 radical (unpaired) electrons. The summed E-state index contributed by atoms with van der Waals surface area (Å²) in [5.41, 5.74) is 0.154. The Morgan fingerprint density at radius 2 is 1.85 bits per heavy atom. The third kappa shape index (κ3) is 2.83. The molecule has 0 bridgehead atoms. The van der Waals surface area contributed by atoms with E-state index in [1.165, 1.54) is 24.3 Å². The summed E-state index contributed by atoms with van der Waals surface area (Å²) in [6.07, 6.45) is 0.0992. The number of rotatable bonds is 3. The summed E-state index contributed by atoms with van der Waals surface area (Å²) in [6.45, 7) is 0. The molecule has 0 aliphatic carbocycles. The first-order valence-corrected chi connectivity index (χ1v) is 7.10.